The van der Waals surface area contributed by atoms with E-state index in [2.05, 4.69) is 18.6 Å². The van der Waals surface area contributed by atoms with Gasteiger partial charge in [-0.05, 0) is 36.6 Å². The third-order valence-electron chi connectivity index (χ3n) is 3.03. The molecule has 2 nitrogen and oxygen atoms in total. The molecule has 0 saturated heterocycles. The van der Waals surface area contributed by atoms with Crippen molar-refractivity contribution in [1.82, 2.24) is 0 Å². The first kappa shape index (κ1) is 14.7. The highest BCUT2D eigenvalue weighted by Crippen LogP contribution is 2.44. The molecule has 0 aliphatic rings. The summed E-state index contributed by atoms with van der Waals surface area (Å²) >= 11 is 0. The van der Waals surface area contributed by atoms with Gasteiger partial charge in [-0.2, -0.15) is 0 Å². The molecule has 0 spiro atoms. The van der Waals surface area contributed by atoms with Gasteiger partial charge >= 0.3 is 0 Å². The smallest absolute Gasteiger partial charge is 0.247 e. The van der Waals surface area contributed by atoms with Crippen LogP contribution in [0.1, 0.15) is 20.3 Å². The van der Waals surface area contributed by atoms with Gasteiger partial charge < -0.3 is 0 Å². The van der Waals surface area contributed by atoms with Crippen LogP contribution in [0.5, 0.6) is 0 Å². The van der Waals surface area contributed by atoms with E-state index in [4.69, 9.17) is 0 Å². The van der Waals surface area contributed by atoms with Gasteiger partial charge in [0.15, 0.2) is 0 Å². The average molecular weight is 285 g/mol. The number of nitrogens with zero attached hydrogens (tertiary/aromatic N) is 1. The molecule has 2 rings (SSSR count). The summed E-state index contributed by atoms with van der Waals surface area (Å²) in [6.07, 6.45) is 2.65. The number of rotatable bonds is 5. The van der Waals surface area contributed by atoms with E-state index < -0.39 is 7.29 Å². The molecule has 0 N–H and O–H groups in total. The van der Waals surface area contributed by atoms with Gasteiger partial charge in [-0.25, -0.2) is 4.76 Å². The van der Waals surface area contributed by atoms with Gasteiger partial charge in [0.25, 0.3) is 0 Å². The van der Waals surface area contributed by atoms with Crippen molar-refractivity contribution in [1.29, 1.82) is 0 Å². The van der Waals surface area contributed by atoms with E-state index in [0.717, 1.165) is 17.0 Å². The highest BCUT2D eigenvalue weighted by Gasteiger charge is 2.25. The zero-order valence-corrected chi connectivity index (χ0v) is 12.8. The standard InChI is InChI=1S/C17H20NOP/c1-15(2)13-14-18-20(19,16-9-5-3-6-10-16)17-11-7-4-8-12-17/h3-12,14-15H,13H2,1-2H3/b18-14+. The van der Waals surface area contributed by atoms with Crippen molar-refractivity contribution in [2.75, 3.05) is 0 Å². The maximum absolute atomic E-state index is 13.4. The van der Waals surface area contributed by atoms with Crippen molar-refractivity contribution < 1.29 is 4.57 Å². The second-order valence-electron chi connectivity index (χ2n) is 5.17. The van der Waals surface area contributed by atoms with Crippen molar-refractivity contribution >= 4 is 24.1 Å². The molecule has 2 aromatic rings. The van der Waals surface area contributed by atoms with Crippen LogP contribution in [0.25, 0.3) is 0 Å². The second-order valence-corrected chi connectivity index (χ2v) is 7.59. The molecule has 3 heteroatoms. The van der Waals surface area contributed by atoms with Crippen molar-refractivity contribution in [2.45, 2.75) is 20.3 Å². The van der Waals surface area contributed by atoms with Gasteiger partial charge in [0.05, 0.1) is 0 Å². The van der Waals surface area contributed by atoms with Gasteiger partial charge in [-0.1, -0.05) is 50.2 Å². The fraction of sp³-hybridized carbons (Fsp3) is 0.235. The molecule has 0 heterocycles. The molecule has 0 radical (unpaired) electrons. The van der Waals surface area contributed by atoms with Crippen molar-refractivity contribution in [3.05, 3.63) is 60.7 Å². The summed E-state index contributed by atoms with van der Waals surface area (Å²) in [4.78, 5) is 0. The van der Waals surface area contributed by atoms with E-state index in [1.165, 1.54) is 0 Å². The van der Waals surface area contributed by atoms with E-state index >= 15 is 0 Å². The Morgan fingerprint density at radius 2 is 1.40 bits per heavy atom. The first-order valence-electron chi connectivity index (χ1n) is 6.88. The first-order valence-corrected chi connectivity index (χ1v) is 8.54. The Bertz CT molecular complexity index is 562. The fourth-order valence-corrected chi connectivity index (χ4v) is 3.96. The molecule has 0 amide bonds. The quantitative estimate of drug-likeness (QED) is 0.602. The van der Waals surface area contributed by atoms with E-state index in [0.29, 0.717) is 5.92 Å². The molecule has 0 atom stereocenters. The zero-order valence-electron chi connectivity index (χ0n) is 11.9. The van der Waals surface area contributed by atoms with E-state index in [1.807, 2.05) is 66.9 Å². The van der Waals surface area contributed by atoms with Gasteiger partial charge in [0, 0.05) is 16.8 Å². The summed E-state index contributed by atoms with van der Waals surface area (Å²) in [5, 5.41) is 1.57. The Kier molecular flexibility index (Phi) is 4.92. The molecule has 104 valence electrons. The van der Waals surface area contributed by atoms with Crippen molar-refractivity contribution in [2.24, 2.45) is 10.7 Å². The normalized spacial score (nSPS) is 12.2. The maximum atomic E-state index is 13.4. The van der Waals surface area contributed by atoms with Crippen LogP contribution in [0.4, 0.5) is 0 Å². The van der Waals surface area contributed by atoms with Crippen LogP contribution in [0.3, 0.4) is 0 Å². The lowest BCUT2D eigenvalue weighted by Gasteiger charge is -2.14. The molecule has 2 aromatic carbocycles. The lowest BCUT2D eigenvalue weighted by atomic mass is 10.2. The second kappa shape index (κ2) is 6.67. The Labute approximate surface area is 121 Å². The Hall–Kier alpha value is -1.66. The maximum Gasteiger partial charge on any atom is 0.247 e. The lowest BCUT2D eigenvalue weighted by molar-refractivity contribution is 0.588. The van der Waals surface area contributed by atoms with Crippen LogP contribution in [-0.4, -0.2) is 6.21 Å². The summed E-state index contributed by atoms with van der Waals surface area (Å²) < 4.78 is 17.9. The predicted molar refractivity (Wildman–Crippen MR) is 87.7 cm³/mol. The molecule has 0 saturated carbocycles. The van der Waals surface area contributed by atoms with Gasteiger partial charge in [-0.15, -0.1) is 0 Å². The molecule has 0 aliphatic carbocycles. The summed E-state index contributed by atoms with van der Waals surface area (Å²) in [6, 6.07) is 19.0. The highest BCUT2D eigenvalue weighted by molar-refractivity contribution is 7.77. The fourth-order valence-electron chi connectivity index (χ4n) is 1.92. The van der Waals surface area contributed by atoms with Gasteiger partial charge in [0.2, 0.25) is 7.29 Å². The Morgan fingerprint density at radius 3 is 1.80 bits per heavy atom. The van der Waals surface area contributed by atoms with Gasteiger partial charge in [-0.3, -0.25) is 4.57 Å². The van der Waals surface area contributed by atoms with Crippen LogP contribution in [0.2, 0.25) is 0 Å². The van der Waals surface area contributed by atoms with E-state index in [9.17, 15) is 4.57 Å². The van der Waals surface area contributed by atoms with Crippen LogP contribution in [0.15, 0.2) is 65.4 Å². The largest absolute Gasteiger partial charge is 0.288 e. The molecular formula is C17H20NOP. The Morgan fingerprint density at radius 1 is 0.950 bits per heavy atom. The van der Waals surface area contributed by atoms with Crippen LogP contribution in [-0.2, 0) is 4.57 Å². The van der Waals surface area contributed by atoms with E-state index in [1.54, 1.807) is 0 Å². The average Bonchev–Trinajstić information content (AvgIpc) is 2.48. The minimum atomic E-state index is -2.91. The van der Waals surface area contributed by atoms with Crippen molar-refractivity contribution in [3.63, 3.8) is 0 Å². The lowest BCUT2D eigenvalue weighted by Crippen LogP contribution is -2.14. The van der Waals surface area contributed by atoms with Crippen LogP contribution in [0, 0.1) is 5.92 Å². The van der Waals surface area contributed by atoms with Crippen LogP contribution < -0.4 is 10.6 Å². The summed E-state index contributed by atoms with van der Waals surface area (Å²) in [5.74, 6) is 0.513. The third-order valence-corrected chi connectivity index (χ3v) is 5.52. The van der Waals surface area contributed by atoms with E-state index in [-0.39, 0.29) is 0 Å². The molecule has 20 heavy (non-hydrogen) atoms. The molecule has 0 bridgehead atoms. The summed E-state index contributed by atoms with van der Waals surface area (Å²) in [5.41, 5.74) is 0. The minimum Gasteiger partial charge on any atom is -0.288 e. The molecular weight excluding hydrogens is 265 g/mol. The molecule has 0 unspecified atom stereocenters. The number of hydrogen-bond donors (Lipinski definition) is 0. The molecule has 0 aromatic heterocycles. The first-order chi connectivity index (χ1) is 9.63. The summed E-state index contributed by atoms with van der Waals surface area (Å²) in [6.45, 7) is 4.25. The van der Waals surface area contributed by atoms with Crippen LogP contribution >= 0.6 is 7.29 Å². The summed E-state index contributed by atoms with van der Waals surface area (Å²) in [7, 11) is -2.91. The molecule has 0 fully saturated rings. The third kappa shape index (κ3) is 3.46. The zero-order chi connectivity index (χ0) is 14.4. The topological polar surface area (TPSA) is 29.4 Å². The SMILES string of the molecule is CC(C)C/C=N/P(=O)(c1ccccc1)c1ccccc1. The number of hydrogen-bond acceptors (Lipinski definition) is 1. The van der Waals surface area contributed by atoms with Crippen molar-refractivity contribution in [3.8, 4) is 0 Å². The minimum absolute atomic E-state index is 0.513. The molecule has 0 aliphatic heterocycles. The Balaban J connectivity index is 2.44. The highest BCUT2D eigenvalue weighted by atomic mass is 31.2. The monoisotopic (exact) mass is 285 g/mol. The van der Waals surface area contributed by atoms with Gasteiger partial charge in [0.1, 0.15) is 0 Å². The number of benzene rings is 2. The predicted octanol–water partition coefficient (Wildman–Crippen LogP) is 4.03.